The van der Waals surface area contributed by atoms with Gasteiger partial charge in [0, 0.05) is 36.4 Å². The van der Waals surface area contributed by atoms with E-state index in [-0.39, 0.29) is 11.6 Å². The summed E-state index contributed by atoms with van der Waals surface area (Å²) in [5.41, 5.74) is 2.27. The molecular weight excluding hydrogens is 292 g/mol. The molecule has 3 rings (SSSR count). The van der Waals surface area contributed by atoms with Gasteiger partial charge in [-0.05, 0) is 31.5 Å². The molecule has 0 bridgehead atoms. The van der Waals surface area contributed by atoms with Crippen molar-refractivity contribution in [2.45, 2.75) is 19.4 Å². The molecule has 3 N–H and O–H groups in total. The molecule has 1 aromatic carbocycles. The molecule has 0 amide bonds. The first-order valence-electron chi connectivity index (χ1n) is 7.65. The van der Waals surface area contributed by atoms with E-state index in [0.717, 1.165) is 23.0 Å². The lowest BCUT2D eigenvalue weighted by molar-refractivity contribution is 0.561. The maximum Gasteiger partial charge on any atom is 0.328 e. The minimum Gasteiger partial charge on any atom is -0.361 e. The first kappa shape index (κ1) is 15.3. The van der Waals surface area contributed by atoms with Crippen LogP contribution < -0.4 is 16.6 Å². The highest BCUT2D eigenvalue weighted by atomic mass is 16.2. The molecule has 1 unspecified atom stereocenters. The highest BCUT2D eigenvalue weighted by Gasteiger charge is 2.12. The summed E-state index contributed by atoms with van der Waals surface area (Å²) in [6.07, 6.45) is 4.38. The van der Waals surface area contributed by atoms with Crippen LogP contribution in [-0.2, 0) is 13.5 Å². The zero-order valence-electron chi connectivity index (χ0n) is 13.2. The Morgan fingerprint density at radius 2 is 1.96 bits per heavy atom. The molecule has 1 atom stereocenters. The lowest BCUT2D eigenvalue weighted by atomic mass is 10.1. The molecule has 120 valence electrons. The van der Waals surface area contributed by atoms with Gasteiger partial charge in [-0.15, -0.1) is 0 Å². The summed E-state index contributed by atoms with van der Waals surface area (Å²) in [6, 6.07) is 8.06. The van der Waals surface area contributed by atoms with Crippen LogP contribution in [0.15, 0.2) is 46.2 Å². The quantitative estimate of drug-likeness (QED) is 0.667. The average Bonchev–Trinajstić information content (AvgIpc) is 2.96. The molecule has 6 nitrogen and oxygen atoms in total. The van der Waals surface area contributed by atoms with Gasteiger partial charge in [0.25, 0.3) is 5.56 Å². The Morgan fingerprint density at radius 1 is 1.17 bits per heavy atom. The molecule has 0 aliphatic carbocycles. The summed E-state index contributed by atoms with van der Waals surface area (Å²) in [5, 5.41) is 4.56. The van der Waals surface area contributed by atoms with Gasteiger partial charge >= 0.3 is 5.69 Å². The molecule has 0 saturated heterocycles. The number of hydrogen-bond acceptors (Lipinski definition) is 3. The van der Waals surface area contributed by atoms with Gasteiger partial charge in [-0.25, -0.2) is 4.79 Å². The first-order chi connectivity index (χ1) is 11.1. The van der Waals surface area contributed by atoms with E-state index >= 15 is 0 Å². The van der Waals surface area contributed by atoms with Crippen LogP contribution in [0.25, 0.3) is 10.9 Å². The minimum atomic E-state index is -0.398. The fourth-order valence-corrected chi connectivity index (χ4v) is 2.77. The largest absolute Gasteiger partial charge is 0.361 e. The average molecular weight is 312 g/mol. The van der Waals surface area contributed by atoms with Crippen molar-refractivity contribution >= 4 is 10.9 Å². The summed E-state index contributed by atoms with van der Waals surface area (Å²) < 4.78 is 1.09. The van der Waals surface area contributed by atoms with Crippen molar-refractivity contribution in [1.29, 1.82) is 0 Å². The zero-order chi connectivity index (χ0) is 16.4. The van der Waals surface area contributed by atoms with Gasteiger partial charge in [-0.3, -0.25) is 9.36 Å². The number of nitrogens with zero attached hydrogens (tertiary/aromatic N) is 1. The number of fused-ring (bicyclic) bond motifs is 1. The summed E-state index contributed by atoms with van der Waals surface area (Å²) in [4.78, 5) is 29.3. The van der Waals surface area contributed by atoms with E-state index in [9.17, 15) is 9.59 Å². The van der Waals surface area contributed by atoms with Gasteiger partial charge in [-0.1, -0.05) is 18.2 Å². The second kappa shape index (κ2) is 6.26. The molecule has 0 radical (unpaired) electrons. The van der Waals surface area contributed by atoms with Crippen molar-refractivity contribution in [3.63, 3.8) is 0 Å². The lowest BCUT2D eigenvalue weighted by Gasteiger charge is -2.13. The lowest BCUT2D eigenvalue weighted by Crippen LogP contribution is -2.37. The third-order valence-corrected chi connectivity index (χ3v) is 4.19. The maximum absolute atomic E-state index is 12.1. The predicted octanol–water partition coefficient (Wildman–Crippen LogP) is 1.45. The Morgan fingerprint density at radius 3 is 2.78 bits per heavy atom. The van der Waals surface area contributed by atoms with Gasteiger partial charge in [0.15, 0.2) is 0 Å². The van der Waals surface area contributed by atoms with E-state index in [1.54, 1.807) is 0 Å². The number of H-pyrrole nitrogens is 2. The van der Waals surface area contributed by atoms with Crippen molar-refractivity contribution in [2.75, 3.05) is 6.54 Å². The highest BCUT2D eigenvalue weighted by molar-refractivity contribution is 5.83. The van der Waals surface area contributed by atoms with Gasteiger partial charge in [0.2, 0.25) is 0 Å². The monoisotopic (exact) mass is 312 g/mol. The molecule has 0 saturated carbocycles. The van der Waals surface area contributed by atoms with E-state index in [1.165, 1.54) is 24.2 Å². The summed E-state index contributed by atoms with van der Waals surface area (Å²) in [7, 11) is 1.48. The van der Waals surface area contributed by atoms with Crippen LogP contribution in [0.4, 0.5) is 0 Å². The van der Waals surface area contributed by atoms with Crippen LogP contribution in [0.2, 0.25) is 0 Å². The number of para-hydroxylation sites is 1. The smallest absolute Gasteiger partial charge is 0.328 e. The van der Waals surface area contributed by atoms with Crippen LogP contribution in [0.5, 0.6) is 0 Å². The third kappa shape index (κ3) is 2.98. The van der Waals surface area contributed by atoms with Gasteiger partial charge in [-0.2, -0.15) is 0 Å². The molecular formula is C17H20N4O2. The van der Waals surface area contributed by atoms with Crippen molar-refractivity contribution in [2.24, 2.45) is 7.05 Å². The molecule has 2 aromatic heterocycles. The van der Waals surface area contributed by atoms with E-state index in [4.69, 9.17) is 0 Å². The van der Waals surface area contributed by atoms with Crippen molar-refractivity contribution in [3.8, 4) is 0 Å². The summed E-state index contributed by atoms with van der Waals surface area (Å²) >= 11 is 0. The Balaban J connectivity index is 1.68. The van der Waals surface area contributed by atoms with Crippen molar-refractivity contribution in [3.05, 3.63) is 68.6 Å². The molecule has 3 aromatic rings. The highest BCUT2D eigenvalue weighted by Crippen LogP contribution is 2.18. The Bertz CT molecular complexity index is 935. The fourth-order valence-electron chi connectivity index (χ4n) is 2.77. The second-order valence-corrected chi connectivity index (χ2v) is 5.70. The molecule has 0 spiro atoms. The molecule has 23 heavy (non-hydrogen) atoms. The number of benzene rings is 1. The number of hydrogen-bond donors (Lipinski definition) is 3. The number of nitrogens with one attached hydrogen (secondary N) is 3. The van der Waals surface area contributed by atoms with E-state index in [1.807, 2.05) is 25.3 Å². The Labute approximate surface area is 133 Å². The number of rotatable bonds is 5. The van der Waals surface area contributed by atoms with Crippen molar-refractivity contribution < 1.29 is 0 Å². The van der Waals surface area contributed by atoms with Gasteiger partial charge in [0.05, 0.1) is 5.56 Å². The normalized spacial score (nSPS) is 12.6. The third-order valence-electron chi connectivity index (χ3n) is 4.19. The Hall–Kier alpha value is -2.60. The van der Waals surface area contributed by atoms with Crippen LogP contribution in [0.1, 0.15) is 24.1 Å². The van der Waals surface area contributed by atoms with Crippen molar-refractivity contribution in [1.82, 2.24) is 19.9 Å². The van der Waals surface area contributed by atoms with E-state index in [2.05, 4.69) is 27.4 Å². The molecule has 0 aliphatic heterocycles. The fraction of sp³-hybridized carbons (Fsp3) is 0.294. The van der Waals surface area contributed by atoms with Crippen LogP contribution in [0.3, 0.4) is 0 Å². The summed E-state index contributed by atoms with van der Waals surface area (Å²) in [5.74, 6) is 0. The summed E-state index contributed by atoms with van der Waals surface area (Å²) in [6.45, 7) is 2.66. The standard InChI is InChI=1S/C17H20N4O2/c1-11(14-10-20-17(23)21(2)16(14)22)18-8-7-12-9-19-15-6-4-3-5-13(12)15/h3-6,9-11,18-19H,7-8H2,1-2H3,(H,20,23). The second-order valence-electron chi connectivity index (χ2n) is 5.70. The van der Waals surface area contributed by atoms with E-state index < -0.39 is 5.69 Å². The number of aromatic amines is 2. The molecule has 2 heterocycles. The predicted molar refractivity (Wildman–Crippen MR) is 90.7 cm³/mol. The van der Waals surface area contributed by atoms with Crippen LogP contribution in [0, 0.1) is 0 Å². The molecule has 0 aliphatic rings. The SMILES string of the molecule is CC(NCCc1c[nH]c2ccccc12)c1c[nH]c(=O)n(C)c1=O. The molecule has 6 heteroatoms. The zero-order valence-corrected chi connectivity index (χ0v) is 13.2. The van der Waals surface area contributed by atoms with Crippen LogP contribution >= 0.6 is 0 Å². The van der Waals surface area contributed by atoms with Gasteiger partial charge in [0.1, 0.15) is 0 Å². The molecule has 0 fully saturated rings. The number of aromatic nitrogens is 3. The van der Waals surface area contributed by atoms with E-state index in [0.29, 0.717) is 5.56 Å². The van der Waals surface area contributed by atoms with Crippen LogP contribution in [-0.4, -0.2) is 21.1 Å². The van der Waals surface area contributed by atoms with Gasteiger partial charge < -0.3 is 15.3 Å². The topological polar surface area (TPSA) is 82.7 Å². The first-order valence-corrected chi connectivity index (χ1v) is 7.65. The maximum atomic E-state index is 12.1. The Kier molecular flexibility index (Phi) is 4.16. The minimum absolute atomic E-state index is 0.129.